The minimum atomic E-state index is -4.63. The van der Waals surface area contributed by atoms with Gasteiger partial charge in [0, 0.05) is 16.9 Å². The quantitative estimate of drug-likeness (QED) is 0.643. The van der Waals surface area contributed by atoms with E-state index in [9.17, 15) is 8.96 Å². The van der Waals surface area contributed by atoms with Crippen molar-refractivity contribution in [2.45, 2.75) is 25.4 Å². The molecule has 7 heteroatoms. The highest BCUT2D eigenvalue weighted by atomic mass is 31.2. The molecule has 0 amide bonds. The van der Waals surface area contributed by atoms with E-state index in [0.717, 1.165) is 40.6 Å². The van der Waals surface area contributed by atoms with Gasteiger partial charge >= 0.3 is 7.82 Å². The first-order chi connectivity index (χ1) is 12.4. The number of phosphoric ester groups is 1. The van der Waals surface area contributed by atoms with Crippen molar-refractivity contribution in [1.29, 1.82) is 0 Å². The van der Waals surface area contributed by atoms with E-state index in [1.54, 1.807) is 12.1 Å². The number of hydrogen-bond donors (Lipinski definition) is 2. The smallest absolute Gasteiger partial charge is 0.303 e. The number of rotatable bonds is 5. The number of nitrogens with zero attached hydrogens (tertiary/aromatic N) is 1. The van der Waals surface area contributed by atoms with Crippen LogP contribution < -0.4 is 0 Å². The Bertz CT molecular complexity index is 1010. The average Bonchev–Trinajstić information content (AvgIpc) is 3.44. The van der Waals surface area contributed by atoms with Gasteiger partial charge in [0.05, 0.1) is 17.8 Å². The van der Waals surface area contributed by atoms with Gasteiger partial charge in [0.15, 0.2) is 0 Å². The maximum atomic E-state index is 13.4. The highest BCUT2D eigenvalue weighted by Crippen LogP contribution is 2.47. The van der Waals surface area contributed by atoms with Crippen molar-refractivity contribution in [2.75, 3.05) is 0 Å². The number of halogens is 1. The summed E-state index contributed by atoms with van der Waals surface area (Å²) in [6.45, 7) is -0.249. The van der Waals surface area contributed by atoms with Crippen molar-refractivity contribution in [3.8, 4) is 11.1 Å². The van der Waals surface area contributed by atoms with Gasteiger partial charge in [-0.15, -0.1) is 0 Å². The van der Waals surface area contributed by atoms with Crippen LogP contribution in [0.4, 0.5) is 4.39 Å². The lowest BCUT2D eigenvalue weighted by Crippen LogP contribution is -2.04. The van der Waals surface area contributed by atoms with E-state index in [1.165, 1.54) is 12.1 Å². The molecule has 4 rings (SSSR count). The minimum absolute atomic E-state index is 0.249. The number of phosphoric acid groups is 1. The fraction of sp³-hybridized carbons (Fsp3) is 0.211. The largest absolute Gasteiger partial charge is 0.469 e. The van der Waals surface area contributed by atoms with E-state index < -0.39 is 7.82 Å². The summed E-state index contributed by atoms with van der Waals surface area (Å²) in [5.74, 6) is -0.0864. The van der Waals surface area contributed by atoms with Crippen LogP contribution in [0.1, 0.15) is 30.0 Å². The molecule has 0 radical (unpaired) electrons. The van der Waals surface area contributed by atoms with Gasteiger partial charge in [-0.05, 0) is 42.2 Å². The molecule has 1 aliphatic rings. The van der Waals surface area contributed by atoms with Gasteiger partial charge in [0.2, 0.25) is 0 Å². The third kappa shape index (κ3) is 3.55. The zero-order chi connectivity index (χ0) is 18.3. The Morgan fingerprint density at radius 3 is 2.46 bits per heavy atom. The van der Waals surface area contributed by atoms with E-state index in [0.29, 0.717) is 5.56 Å². The minimum Gasteiger partial charge on any atom is -0.303 e. The molecule has 0 saturated heterocycles. The van der Waals surface area contributed by atoms with Crippen LogP contribution in [-0.4, -0.2) is 14.8 Å². The molecule has 2 N–H and O–H groups in total. The molecule has 1 heterocycles. The molecule has 5 nitrogen and oxygen atoms in total. The Balaban J connectivity index is 1.97. The maximum Gasteiger partial charge on any atom is 0.469 e. The fourth-order valence-corrected chi connectivity index (χ4v) is 3.50. The third-order valence-electron chi connectivity index (χ3n) is 4.50. The summed E-state index contributed by atoms with van der Waals surface area (Å²) in [5, 5.41) is 0.841. The molecule has 1 fully saturated rings. The van der Waals surface area contributed by atoms with Crippen molar-refractivity contribution in [1.82, 2.24) is 4.98 Å². The van der Waals surface area contributed by atoms with Crippen LogP contribution >= 0.6 is 7.82 Å². The molecule has 2 aromatic carbocycles. The van der Waals surface area contributed by atoms with Gasteiger partial charge in [-0.25, -0.2) is 8.96 Å². The van der Waals surface area contributed by atoms with Crippen LogP contribution in [-0.2, 0) is 15.7 Å². The summed E-state index contributed by atoms with van der Waals surface area (Å²) in [5.41, 5.74) is 3.80. The third-order valence-corrected chi connectivity index (χ3v) is 4.96. The number of aromatic nitrogens is 1. The molecule has 0 spiro atoms. The Kier molecular flexibility index (Phi) is 4.37. The average molecular weight is 373 g/mol. The highest BCUT2D eigenvalue weighted by Gasteiger charge is 2.31. The van der Waals surface area contributed by atoms with Gasteiger partial charge < -0.3 is 9.79 Å². The van der Waals surface area contributed by atoms with Crippen LogP contribution in [0.2, 0.25) is 0 Å². The summed E-state index contributed by atoms with van der Waals surface area (Å²) in [6.07, 6.45) is 1.97. The number of fused-ring (bicyclic) bond motifs is 1. The van der Waals surface area contributed by atoms with E-state index in [2.05, 4.69) is 0 Å². The van der Waals surface area contributed by atoms with Crippen molar-refractivity contribution in [3.63, 3.8) is 0 Å². The molecule has 1 saturated carbocycles. The Morgan fingerprint density at radius 2 is 1.81 bits per heavy atom. The normalized spacial score (nSPS) is 14.7. The molecule has 0 atom stereocenters. The van der Waals surface area contributed by atoms with Gasteiger partial charge in [0.1, 0.15) is 5.82 Å². The summed E-state index contributed by atoms with van der Waals surface area (Å²) in [6, 6.07) is 13.6. The maximum absolute atomic E-state index is 13.4. The number of hydrogen-bond acceptors (Lipinski definition) is 3. The molecule has 134 valence electrons. The van der Waals surface area contributed by atoms with E-state index in [-0.39, 0.29) is 18.3 Å². The lowest BCUT2D eigenvalue weighted by molar-refractivity contribution is 0.188. The molecular formula is C19H17FNO4P. The van der Waals surface area contributed by atoms with E-state index in [4.69, 9.17) is 19.3 Å². The van der Waals surface area contributed by atoms with E-state index >= 15 is 0 Å². The molecule has 1 aromatic heterocycles. The molecule has 3 aromatic rings. The first kappa shape index (κ1) is 17.3. The molecular weight excluding hydrogens is 356 g/mol. The first-order valence-corrected chi connectivity index (χ1v) is 9.83. The van der Waals surface area contributed by atoms with Crippen LogP contribution in [0, 0.1) is 5.82 Å². The lowest BCUT2D eigenvalue weighted by Gasteiger charge is -2.18. The first-order valence-electron chi connectivity index (χ1n) is 8.30. The predicted molar refractivity (Wildman–Crippen MR) is 95.9 cm³/mol. The fourth-order valence-electron chi connectivity index (χ4n) is 3.21. The Morgan fingerprint density at radius 1 is 1.12 bits per heavy atom. The zero-order valence-corrected chi connectivity index (χ0v) is 14.7. The number of benzene rings is 2. The van der Waals surface area contributed by atoms with E-state index in [1.807, 2.05) is 24.3 Å². The predicted octanol–water partition coefficient (Wildman–Crippen LogP) is 4.53. The van der Waals surface area contributed by atoms with Gasteiger partial charge in [-0.1, -0.05) is 30.3 Å². The van der Waals surface area contributed by atoms with Crippen LogP contribution in [0.25, 0.3) is 22.0 Å². The van der Waals surface area contributed by atoms with Crippen molar-refractivity contribution >= 4 is 18.7 Å². The molecule has 1 aliphatic carbocycles. The SMILES string of the molecule is O=P(O)(O)OCc1c(C2CC2)nc2ccccc2c1-c1ccc(F)cc1. The van der Waals surface area contributed by atoms with Crippen LogP contribution in [0.3, 0.4) is 0 Å². The summed E-state index contributed by atoms with van der Waals surface area (Å²) in [7, 11) is -4.63. The summed E-state index contributed by atoms with van der Waals surface area (Å²) < 4.78 is 29.5. The molecule has 26 heavy (non-hydrogen) atoms. The number of para-hydroxylation sites is 1. The van der Waals surface area contributed by atoms with Crippen LogP contribution in [0.5, 0.6) is 0 Å². The summed E-state index contributed by atoms with van der Waals surface area (Å²) in [4.78, 5) is 23.0. The summed E-state index contributed by atoms with van der Waals surface area (Å²) >= 11 is 0. The van der Waals surface area contributed by atoms with Gasteiger partial charge in [-0.3, -0.25) is 9.51 Å². The monoisotopic (exact) mass is 373 g/mol. The van der Waals surface area contributed by atoms with Crippen molar-refractivity contribution < 1.29 is 23.3 Å². The Hall–Kier alpha value is -2.11. The van der Waals surface area contributed by atoms with Crippen molar-refractivity contribution in [2.24, 2.45) is 0 Å². The van der Waals surface area contributed by atoms with Gasteiger partial charge in [0.25, 0.3) is 0 Å². The Labute approximate surface area is 149 Å². The van der Waals surface area contributed by atoms with Crippen LogP contribution in [0.15, 0.2) is 48.5 Å². The second-order valence-electron chi connectivity index (χ2n) is 6.41. The second-order valence-corrected chi connectivity index (χ2v) is 7.65. The highest BCUT2D eigenvalue weighted by molar-refractivity contribution is 7.46. The number of pyridine rings is 1. The molecule has 0 unspecified atom stereocenters. The van der Waals surface area contributed by atoms with Gasteiger partial charge in [-0.2, -0.15) is 0 Å². The molecule has 0 aliphatic heterocycles. The standard InChI is InChI=1S/C19H17FNO4P/c20-14-9-7-12(8-10-14)18-15-3-1-2-4-17(15)21-19(13-5-6-13)16(18)11-25-26(22,23)24/h1-4,7-10,13H,5-6,11H2,(H2,22,23,24). The van der Waals surface area contributed by atoms with Crippen molar-refractivity contribution in [3.05, 3.63) is 65.6 Å². The zero-order valence-electron chi connectivity index (χ0n) is 13.8. The topological polar surface area (TPSA) is 79.7 Å². The second kappa shape index (κ2) is 6.56. The molecule has 0 bridgehead atoms. The lowest BCUT2D eigenvalue weighted by atomic mass is 9.93.